The maximum atomic E-state index is 10.9. The number of aromatic nitrogens is 2. The highest BCUT2D eigenvalue weighted by atomic mass is 16.5. The first-order valence-corrected chi connectivity index (χ1v) is 3.94. The van der Waals surface area contributed by atoms with Crippen molar-refractivity contribution >= 4 is 5.97 Å². The van der Waals surface area contributed by atoms with Crippen LogP contribution in [0.5, 0.6) is 0 Å². The van der Waals surface area contributed by atoms with Crippen molar-refractivity contribution in [3.05, 3.63) is 18.0 Å². The van der Waals surface area contributed by atoms with E-state index in [1.54, 1.807) is 10.9 Å². The number of hydrogen-bond acceptors (Lipinski definition) is 4. The van der Waals surface area contributed by atoms with Crippen molar-refractivity contribution in [1.82, 2.24) is 9.78 Å². The Morgan fingerprint density at radius 3 is 3.00 bits per heavy atom. The summed E-state index contributed by atoms with van der Waals surface area (Å²) in [6.07, 6.45) is 3.96. The highest BCUT2D eigenvalue weighted by molar-refractivity contribution is 5.75. The summed E-state index contributed by atoms with van der Waals surface area (Å²) in [7, 11) is 3.14. The molecular formula is C8H13N3O2. The number of aryl methyl sites for hydroxylation is 1. The molecule has 1 aromatic heterocycles. The highest BCUT2D eigenvalue weighted by Gasteiger charge is 2.14. The van der Waals surface area contributed by atoms with Gasteiger partial charge in [0.2, 0.25) is 0 Å². The van der Waals surface area contributed by atoms with Crippen LogP contribution in [0.25, 0.3) is 0 Å². The summed E-state index contributed by atoms with van der Waals surface area (Å²) in [5.41, 5.74) is 6.49. The smallest absolute Gasteiger partial charge is 0.322 e. The molecule has 0 saturated heterocycles. The second kappa shape index (κ2) is 4.04. The Kier molecular flexibility index (Phi) is 3.02. The Hall–Kier alpha value is -1.36. The molecule has 2 N–H and O–H groups in total. The van der Waals surface area contributed by atoms with E-state index in [0.717, 1.165) is 5.56 Å². The average molecular weight is 183 g/mol. The SMILES string of the molecule is COC(=O)[C@@H](N)Cc1cnn(C)c1. The Balaban J connectivity index is 2.54. The zero-order valence-electron chi connectivity index (χ0n) is 7.73. The van der Waals surface area contributed by atoms with Gasteiger partial charge in [-0.05, 0) is 5.56 Å². The van der Waals surface area contributed by atoms with E-state index in [9.17, 15) is 4.79 Å². The minimum absolute atomic E-state index is 0.399. The summed E-state index contributed by atoms with van der Waals surface area (Å²) in [4.78, 5) is 10.9. The molecule has 0 aliphatic heterocycles. The van der Waals surface area contributed by atoms with Crippen molar-refractivity contribution in [3.8, 4) is 0 Å². The molecule has 0 unspecified atom stereocenters. The van der Waals surface area contributed by atoms with Gasteiger partial charge in [-0.1, -0.05) is 0 Å². The number of nitrogens with zero attached hydrogens (tertiary/aromatic N) is 2. The summed E-state index contributed by atoms with van der Waals surface area (Å²) in [5.74, 6) is -0.399. The predicted molar refractivity (Wildman–Crippen MR) is 46.9 cm³/mol. The third kappa shape index (κ3) is 2.55. The van der Waals surface area contributed by atoms with Gasteiger partial charge < -0.3 is 10.5 Å². The molecular weight excluding hydrogens is 170 g/mol. The molecule has 0 fully saturated rings. The van der Waals surface area contributed by atoms with Crippen LogP contribution in [-0.2, 0) is 23.0 Å². The van der Waals surface area contributed by atoms with Crippen LogP contribution < -0.4 is 5.73 Å². The molecule has 0 aliphatic rings. The molecule has 5 heteroatoms. The number of hydrogen-bond donors (Lipinski definition) is 1. The monoisotopic (exact) mass is 183 g/mol. The number of nitrogens with two attached hydrogens (primary N) is 1. The van der Waals surface area contributed by atoms with E-state index in [1.807, 2.05) is 13.2 Å². The largest absolute Gasteiger partial charge is 0.468 e. The number of esters is 1. The van der Waals surface area contributed by atoms with E-state index < -0.39 is 12.0 Å². The maximum absolute atomic E-state index is 10.9. The van der Waals surface area contributed by atoms with Gasteiger partial charge in [0.05, 0.1) is 13.3 Å². The molecule has 1 aromatic rings. The van der Waals surface area contributed by atoms with E-state index in [2.05, 4.69) is 9.84 Å². The van der Waals surface area contributed by atoms with Crippen molar-refractivity contribution in [2.24, 2.45) is 12.8 Å². The summed E-state index contributed by atoms with van der Waals surface area (Å²) in [6.45, 7) is 0. The van der Waals surface area contributed by atoms with Crippen molar-refractivity contribution < 1.29 is 9.53 Å². The molecule has 0 amide bonds. The van der Waals surface area contributed by atoms with Crippen LogP contribution in [0.1, 0.15) is 5.56 Å². The van der Waals surface area contributed by atoms with E-state index >= 15 is 0 Å². The van der Waals surface area contributed by atoms with E-state index in [0.29, 0.717) is 6.42 Å². The van der Waals surface area contributed by atoms with Crippen LogP contribution in [0, 0.1) is 0 Å². The Labute approximate surface area is 76.5 Å². The summed E-state index contributed by atoms with van der Waals surface area (Å²) in [5, 5.41) is 3.96. The minimum Gasteiger partial charge on any atom is -0.468 e. The van der Waals surface area contributed by atoms with Crippen molar-refractivity contribution in [3.63, 3.8) is 0 Å². The zero-order valence-corrected chi connectivity index (χ0v) is 7.73. The van der Waals surface area contributed by atoms with Gasteiger partial charge in [0, 0.05) is 19.7 Å². The third-order valence-electron chi connectivity index (χ3n) is 1.72. The summed E-state index contributed by atoms with van der Waals surface area (Å²) >= 11 is 0. The molecule has 0 radical (unpaired) electrons. The first-order chi connectivity index (χ1) is 6.13. The van der Waals surface area contributed by atoms with Crippen molar-refractivity contribution in [2.45, 2.75) is 12.5 Å². The van der Waals surface area contributed by atoms with E-state index in [4.69, 9.17) is 5.73 Å². The molecule has 0 bridgehead atoms. The van der Waals surface area contributed by atoms with Crippen LogP contribution >= 0.6 is 0 Å². The maximum Gasteiger partial charge on any atom is 0.322 e. The van der Waals surface area contributed by atoms with Crippen molar-refractivity contribution in [2.75, 3.05) is 7.11 Å². The quantitative estimate of drug-likeness (QED) is 0.639. The number of methoxy groups -OCH3 is 1. The Bertz CT molecular complexity index is 295. The molecule has 0 spiro atoms. The normalized spacial score (nSPS) is 12.5. The van der Waals surface area contributed by atoms with Crippen LogP contribution in [0.15, 0.2) is 12.4 Å². The molecule has 0 aromatic carbocycles. The van der Waals surface area contributed by atoms with Crippen molar-refractivity contribution in [1.29, 1.82) is 0 Å². The van der Waals surface area contributed by atoms with Gasteiger partial charge in [0.15, 0.2) is 0 Å². The average Bonchev–Trinajstić information content (AvgIpc) is 2.49. The molecule has 1 atom stereocenters. The summed E-state index contributed by atoms with van der Waals surface area (Å²) in [6, 6.07) is -0.603. The van der Waals surface area contributed by atoms with Crippen LogP contribution in [0.4, 0.5) is 0 Å². The van der Waals surface area contributed by atoms with Gasteiger partial charge in [-0.3, -0.25) is 9.48 Å². The third-order valence-corrected chi connectivity index (χ3v) is 1.72. The Morgan fingerprint density at radius 2 is 2.54 bits per heavy atom. The lowest BCUT2D eigenvalue weighted by Gasteiger charge is -2.06. The minimum atomic E-state index is -0.603. The highest BCUT2D eigenvalue weighted by Crippen LogP contribution is 2.00. The number of carbonyl (C=O) groups is 1. The molecule has 0 saturated carbocycles. The molecule has 1 heterocycles. The standard InChI is InChI=1S/C8H13N3O2/c1-11-5-6(4-10-11)3-7(9)8(12)13-2/h4-5,7H,3,9H2,1-2H3/t7-/m0/s1. The lowest BCUT2D eigenvalue weighted by atomic mass is 10.1. The number of carbonyl (C=O) groups excluding carboxylic acids is 1. The molecule has 0 aliphatic carbocycles. The first-order valence-electron chi connectivity index (χ1n) is 3.94. The fraction of sp³-hybridized carbons (Fsp3) is 0.500. The fourth-order valence-corrected chi connectivity index (χ4v) is 1.07. The predicted octanol–water partition coefficient (Wildman–Crippen LogP) is -0.537. The topological polar surface area (TPSA) is 70.1 Å². The van der Waals surface area contributed by atoms with Crippen LogP contribution in [0.2, 0.25) is 0 Å². The molecule has 1 rings (SSSR count). The fourth-order valence-electron chi connectivity index (χ4n) is 1.07. The van der Waals surface area contributed by atoms with E-state index in [-0.39, 0.29) is 0 Å². The van der Waals surface area contributed by atoms with Gasteiger partial charge >= 0.3 is 5.97 Å². The lowest BCUT2D eigenvalue weighted by Crippen LogP contribution is -2.33. The summed E-state index contributed by atoms with van der Waals surface area (Å²) < 4.78 is 6.17. The second-order valence-electron chi connectivity index (χ2n) is 2.86. The van der Waals surface area contributed by atoms with Gasteiger partial charge in [-0.2, -0.15) is 5.10 Å². The number of rotatable bonds is 3. The van der Waals surface area contributed by atoms with Gasteiger partial charge in [0.1, 0.15) is 6.04 Å². The Morgan fingerprint density at radius 1 is 1.85 bits per heavy atom. The van der Waals surface area contributed by atoms with Crippen LogP contribution in [-0.4, -0.2) is 28.9 Å². The number of ether oxygens (including phenoxy) is 1. The molecule has 72 valence electrons. The van der Waals surface area contributed by atoms with Crippen LogP contribution in [0.3, 0.4) is 0 Å². The first kappa shape index (κ1) is 9.73. The molecule has 13 heavy (non-hydrogen) atoms. The second-order valence-corrected chi connectivity index (χ2v) is 2.86. The van der Waals surface area contributed by atoms with Gasteiger partial charge in [-0.25, -0.2) is 0 Å². The zero-order chi connectivity index (χ0) is 9.84. The lowest BCUT2D eigenvalue weighted by molar-refractivity contribution is -0.142. The van der Waals surface area contributed by atoms with E-state index in [1.165, 1.54) is 7.11 Å². The van der Waals surface area contributed by atoms with Gasteiger partial charge in [0.25, 0.3) is 0 Å². The van der Waals surface area contributed by atoms with Gasteiger partial charge in [-0.15, -0.1) is 0 Å². The molecule has 5 nitrogen and oxygen atoms in total.